The van der Waals surface area contributed by atoms with Crippen molar-refractivity contribution in [1.29, 1.82) is 0 Å². The molecule has 0 saturated carbocycles. The monoisotopic (exact) mass is 546 g/mol. The van der Waals surface area contributed by atoms with Crippen molar-refractivity contribution in [3.63, 3.8) is 0 Å². The van der Waals surface area contributed by atoms with E-state index in [0.29, 0.717) is 32.8 Å². The van der Waals surface area contributed by atoms with Gasteiger partial charge in [0, 0.05) is 34.1 Å². The summed E-state index contributed by atoms with van der Waals surface area (Å²) in [6, 6.07) is 20.7. The predicted molar refractivity (Wildman–Crippen MR) is 146 cm³/mol. The van der Waals surface area contributed by atoms with Crippen molar-refractivity contribution in [1.82, 2.24) is 10.2 Å². The molecule has 0 radical (unpaired) electrons. The zero-order valence-electron chi connectivity index (χ0n) is 20.4. The Balaban J connectivity index is 1.99. The van der Waals surface area contributed by atoms with Crippen LogP contribution < -0.4 is 10.1 Å². The summed E-state index contributed by atoms with van der Waals surface area (Å²) in [5, 5.41) is 4.21. The Morgan fingerprint density at radius 3 is 2.06 bits per heavy atom. The number of ether oxygens (including phenoxy) is 1. The Morgan fingerprint density at radius 1 is 0.861 bits per heavy atom. The third kappa shape index (κ3) is 7.89. The summed E-state index contributed by atoms with van der Waals surface area (Å²) in [5.74, 6) is -0.321. The van der Waals surface area contributed by atoms with Gasteiger partial charge in [0.2, 0.25) is 5.91 Å². The molecule has 0 unspecified atom stereocenters. The Bertz CT molecular complexity index is 1180. The van der Waals surface area contributed by atoms with E-state index < -0.39 is 17.5 Å². The highest BCUT2D eigenvalue weighted by Crippen LogP contribution is 2.28. The summed E-state index contributed by atoms with van der Waals surface area (Å²) in [7, 11) is 0. The van der Waals surface area contributed by atoms with Crippen LogP contribution in [-0.4, -0.2) is 34.9 Å². The molecule has 190 valence electrons. The number of benzene rings is 3. The number of para-hydroxylation sites is 1. The van der Waals surface area contributed by atoms with Crippen LogP contribution in [0.3, 0.4) is 0 Å². The van der Waals surface area contributed by atoms with Gasteiger partial charge < -0.3 is 15.0 Å². The van der Waals surface area contributed by atoms with Crippen LogP contribution in [0.4, 0.5) is 0 Å². The van der Waals surface area contributed by atoms with Crippen molar-refractivity contribution in [2.45, 2.75) is 45.3 Å². The number of nitrogens with one attached hydrogen (secondary N) is 1. The van der Waals surface area contributed by atoms with Crippen molar-refractivity contribution < 1.29 is 14.3 Å². The highest BCUT2D eigenvalue weighted by Gasteiger charge is 2.33. The zero-order chi connectivity index (χ0) is 26.3. The average Bonchev–Trinajstić information content (AvgIpc) is 2.82. The fourth-order valence-electron chi connectivity index (χ4n) is 3.64. The number of amides is 2. The summed E-state index contributed by atoms with van der Waals surface area (Å²) < 4.78 is 5.74. The lowest BCUT2D eigenvalue weighted by Crippen LogP contribution is -2.55. The lowest BCUT2D eigenvalue weighted by atomic mass is 10.0. The van der Waals surface area contributed by atoms with Gasteiger partial charge in [-0.05, 0) is 50.6 Å². The molecule has 2 amide bonds. The molecule has 1 N–H and O–H groups in total. The quantitative estimate of drug-likeness (QED) is 0.329. The maximum atomic E-state index is 13.6. The minimum absolute atomic E-state index is 0.0261. The molecule has 0 bridgehead atoms. The Labute approximate surface area is 227 Å². The molecule has 0 fully saturated rings. The first-order valence-electron chi connectivity index (χ1n) is 11.5. The molecule has 0 saturated heterocycles. The Morgan fingerprint density at radius 2 is 1.44 bits per heavy atom. The minimum atomic E-state index is -0.846. The van der Waals surface area contributed by atoms with Crippen LogP contribution in [0.15, 0.2) is 72.8 Å². The van der Waals surface area contributed by atoms with E-state index in [4.69, 9.17) is 39.5 Å². The van der Waals surface area contributed by atoms with Crippen molar-refractivity contribution >= 4 is 46.6 Å². The average molecular weight is 548 g/mol. The molecule has 0 aliphatic carbocycles. The van der Waals surface area contributed by atoms with E-state index in [1.54, 1.807) is 42.5 Å². The standard InChI is InChI=1S/C28H29Cl3N2O3/c1-28(2,3)32-27(35)24(16-19-10-5-4-6-11-19)33(17-20-21(29)13-9-14-22(20)30)26(34)18-36-25-15-8-7-12-23(25)31/h4-15,24H,16-18H2,1-3H3,(H,32,35)/t24-/m1/s1. The summed E-state index contributed by atoms with van der Waals surface area (Å²) >= 11 is 19.1. The molecule has 8 heteroatoms. The van der Waals surface area contributed by atoms with Gasteiger partial charge in [-0.1, -0.05) is 83.3 Å². The maximum absolute atomic E-state index is 13.6. The molecule has 0 aliphatic heterocycles. The van der Waals surface area contributed by atoms with Gasteiger partial charge in [0.05, 0.1) is 5.02 Å². The number of carbonyl (C=O) groups excluding carboxylic acids is 2. The van der Waals surface area contributed by atoms with E-state index in [0.717, 1.165) is 5.56 Å². The van der Waals surface area contributed by atoms with Gasteiger partial charge in [0.1, 0.15) is 11.8 Å². The molecule has 3 rings (SSSR count). The second kappa shape index (κ2) is 12.5. The minimum Gasteiger partial charge on any atom is -0.482 e. The van der Waals surface area contributed by atoms with Crippen LogP contribution in [0.1, 0.15) is 31.9 Å². The Kier molecular flexibility index (Phi) is 9.66. The number of carbonyl (C=O) groups is 2. The van der Waals surface area contributed by atoms with Crippen molar-refractivity contribution in [3.8, 4) is 5.75 Å². The van der Waals surface area contributed by atoms with E-state index in [9.17, 15) is 9.59 Å². The van der Waals surface area contributed by atoms with Crippen molar-refractivity contribution in [3.05, 3.63) is 99.0 Å². The topological polar surface area (TPSA) is 58.6 Å². The van der Waals surface area contributed by atoms with Crippen LogP contribution in [0.5, 0.6) is 5.75 Å². The summed E-state index contributed by atoms with van der Waals surface area (Å²) in [6.07, 6.45) is 0.294. The highest BCUT2D eigenvalue weighted by molar-refractivity contribution is 6.36. The molecule has 3 aromatic rings. The van der Waals surface area contributed by atoms with E-state index >= 15 is 0 Å². The number of hydrogen-bond donors (Lipinski definition) is 1. The highest BCUT2D eigenvalue weighted by atomic mass is 35.5. The van der Waals surface area contributed by atoms with E-state index in [1.807, 2.05) is 51.1 Å². The van der Waals surface area contributed by atoms with Gasteiger partial charge >= 0.3 is 0 Å². The van der Waals surface area contributed by atoms with Gasteiger partial charge in [-0.3, -0.25) is 9.59 Å². The molecular weight excluding hydrogens is 519 g/mol. The number of nitrogens with zero attached hydrogens (tertiary/aromatic N) is 1. The smallest absolute Gasteiger partial charge is 0.261 e. The molecule has 36 heavy (non-hydrogen) atoms. The van der Waals surface area contributed by atoms with E-state index in [-0.39, 0.29) is 19.1 Å². The molecule has 0 aromatic heterocycles. The van der Waals surface area contributed by atoms with Gasteiger partial charge in [-0.25, -0.2) is 0 Å². The lowest BCUT2D eigenvalue weighted by Gasteiger charge is -2.34. The Hall–Kier alpha value is -2.73. The molecule has 3 aromatic carbocycles. The van der Waals surface area contributed by atoms with Crippen molar-refractivity contribution in [2.24, 2.45) is 0 Å². The number of hydrogen-bond acceptors (Lipinski definition) is 3. The van der Waals surface area contributed by atoms with Gasteiger partial charge in [0.25, 0.3) is 5.91 Å². The first-order valence-corrected chi connectivity index (χ1v) is 12.6. The molecule has 0 heterocycles. The van der Waals surface area contributed by atoms with E-state index in [2.05, 4.69) is 5.32 Å². The first kappa shape index (κ1) is 27.9. The summed E-state index contributed by atoms with van der Waals surface area (Å²) in [6.45, 7) is 5.38. The van der Waals surface area contributed by atoms with Crippen LogP contribution in [0.25, 0.3) is 0 Å². The molecule has 1 atom stereocenters. The maximum Gasteiger partial charge on any atom is 0.261 e. The largest absolute Gasteiger partial charge is 0.482 e. The van der Waals surface area contributed by atoms with Crippen LogP contribution in [0, 0.1) is 0 Å². The predicted octanol–water partition coefficient (Wildman–Crippen LogP) is 6.58. The third-order valence-corrected chi connectivity index (χ3v) is 6.37. The fraction of sp³-hybridized carbons (Fsp3) is 0.286. The molecular formula is C28H29Cl3N2O3. The van der Waals surface area contributed by atoms with Crippen LogP contribution in [-0.2, 0) is 22.6 Å². The normalized spacial score (nSPS) is 12.1. The molecule has 0 aliphatic rings. The second-order valence-corrected chi connectivity index (χ2v) is 10.6. The third-order valence-electron chi connectivity index (χ3n) is 5.35. The summed E-state index contributed by atoms with van der Waals surface area (Å²) in [4.78, 5) is 28.7. The lowest BCUT2D eigenvalue weighted by molar-refractivity contribution is -0.143. The van der Waals surface area contributed by atoms with Gasteiger partial charge in [-0.2, -0.15) is 0 Å². The first-order chi connectivity index (χ1) is 17.0. The van der Waals surface area contributed by atoms with Gasteiger partial charge in [-0.15, -0.1) is 0 Å². The van der Waals surface area contributed by atoms with E-state index in [1.165, 1.54) is 4.90 Å². The van der Waals surface area contributed by atoms with Gasteiger partial charge in [0.15, 0.2) is 6.61 Å². The van der Waals surface area contributed by atoms with Crippen LogP contribution in [0.2, 0.25) is 15.1 Å². The van der Waals surface area contributed by atoms with Crippen LogP contribution >= 0.6 is 34.8 Å². The summed E-state index contributed by atoms with van der Waals surface area (Å²) in [5.41, 5.74) is 0.951. The zero-order valence-corrected chi connectivity index (χ0v) is 22.7. The van der Waals surface area contributed by atoms with Crippen molar-refractivity contribution in [2.75, 3.05) is 6.61 Å². The SMILES string of the molecule is CC(C)(C)NC(=O)[C@@H](Cc1ccccc1)N(Cc1c(Cl)cccc1Cl)C(=O)COc1ccccc1Cl. The molecule has 5 nitrogen and oxygen atoms in total. The number of rotatable bonds is 9. The second-order valence-electron chi connectivity index (χ2n) is 9.39. The molecule has 0 spiro atoms. The fourth-order valence-corrected chi connectivity index (χ4v) is 4.35. The number of halogens is 3.